The van der Waals surface area contributed by atoms with E-state index < -0.39 is 11.9 Å². The first-order chi connectivity index (χ1) is 7.65. The molecule has 86 valence electrons. The first kappa shape index (κ1) is 9.86. The highest BCUT2D eigenvalue weighted by atomic mass is 16.8. The first-order valence-corrected chi connectivity index (χ1v) is 5.17. The van der Waals surface area contributed by atoms with Crippen LogP contribution in [0.4, 0.5) is 0 Å². The highest BCUT2D eigenvalue weighted by Crippen LogP contribution is 2.51. The lowest BCUT2D eigenvalue weighted by atomic mass is 9.83. The zero-order valence-corrected chi connectivity index (χ0v) is 8.80. The molecule has 3 aliphatic rings. The van der Waals surface area contributed by atoms with Crippen molar-refractivity contribution in [3.63, 3.8) is 0 Å². The summed E-state index contributed by atoms with van der Waals surface area (Å²) in [6, 6.07) is 0. The summed E-state index contributed by atoms with van der Waals surface area (Å²) in [6.07, 6.45) is 3.98. The van der Waals surface area contributed by atoms with E-state index in [2.05, 4.69) is 4.74 Å². The van der Waals surface area contributed by atoms with Gasteiger partial charge in [0.15, 0.2) is 0 Å². The van der Waals surface area contributed by atoms with Crippen LogP contribution in [0.3, 0.4) is 0 Å². The number of carbonyl (C=O) groups is 1. The summed E-state index contributed by atoms with van der Waals surface area (Å²) < 4.78 is 15.0. The van der Waals surface area contributed by atoms with Gasteiger partial charge in [0.1, 0.15) is 6.26 Å². The zero-order valence-electron chi connectivity index (χ0n) is 8.80. The van der Waals surface area contributed by atoms with Gasteiger partial charge in [0.25, 0.3) is 0 Å². The fraction of sp³-hybridized carbons (Fsp3) is 0.545. The lowest BCUT2D eigenvalue weighted by Crippen LogP contribution is -2.44. The number of hydrogen-bond donors (Lipinski definition) is 1. The van der Waals surface area contributed by atoms with Gasteiger partial charge in [0.05, 0.1) is 25.2 Å². The van der Waals surface area contributed by atoms with Crippen molar-refractivity contribution >= 4 is 5.97 Å². The van der Waals surface area contributed by atoms with Crippen molar-refractivity contribution in [3.05, 3.63) is 23.5 Å². The highest BCUT2D eigenvalue weighted by molar-refractivity contribution is 5.89. The van der Waals surface area contributed by atoms with E-state index in [0.717, 1.165) is 12.0 Å². The molecule has 0 amide bonds. The van der Waals surface area contributed by atoms with E-state index in [9.17, 15) is 9.90 Å². The molecule has 0 radical (unpaired) electrons. The Kier molecular flexibility index (Phi) is 1.90. The molecule has 1 aliphatic carbocycles. The molecule has 0 unspecified atom stereocenters. The number of ether oxygens (including phenoxy) is 3. The van der Waals surface area contributed by atoms with E-state index in [1.807, 2.05) is 6.08 Å². The van der Waals surface area contributed by atoms with Gasteiger partial charge in [-0.3, -0.25) is 0 Å². The lowest BCUT2D eigenvalue weighted by Gasteiger charge is -2.35. The van der Waals surface area contributed by atoms with E-state index in [1.165, 1.54) is 13.4 Å². The number of rotatable bonds is 1. The monoisotopic (exact) mass is 224 g/mol. The molecule has 0 bridgehead atoms. The van der Waals surface area contributed by atoms with E-state index in [0.29, 0.717) is 12.2 Å². The minimum atomic E-state index is -1.59. The molecule has 3 atom stereocenters. The topological polar surface area (TPSA) is 65.0 Å². The number of hydrogen-bond acceptors (Lipinski definition) is 5. The van der Waals surface area contributed by atoms with Crippen molar-refractivity contribution in [2.75, 3.05) is 13.7 Å². The summed E-state index contributed by atoms with van der Waals surface area (Å²) in [5, 5.41) is 10.1. The number of esters is 1. The predicted molar refractivity (Wildman–Crippen MR) is 51.8 cm³/mol. The highest BCUT2D eigenvalue weighted by Gasteiger charge is 2.57. The average molecular weight is 224 g/mol. The molecule has 2 aliphatic heterocycles. The average Bonchev–Trinajstić information content (AvgIpc) is 2.84. The molecule has 0 spiro atoms. The van der Waals surface area contributed by atoms with Crippen LogP contribution in [0.25, 0.3) is 0 Å². The third-order valence-electron chi connectivity index (χ3n) is 3.45. The fourth-order valence-electron chi connectivity index (χ4n) is 2.68. The molecule has 0 aromatic carbocycles. The number of aliphatic hydroxyl groups is 1. The van der Waals surface area contributed by atoms with E-state index >= 15 is 0 Å². The molecule has 5 heteroatoms. The Morgan fingerprint density at radius 3 is 3.25 bits per heavy atom. The van der Waals surface area contributed by atoms with Gasteiger partial charge in [0, 0.05) is 5.92 Å². The maximum atomic E-state index is 11.5. The Balaban J connectivity index is 1.99. The number of carbonyl (C=O) groups excluding carboxylic acids is 1. The molecule has 0 aromatic heterocycles. The van der Waals surface area contributed by atoms with Crippen molar-refractivity contribution in [2.24, 2.45) is 11.8 Å². The van der Waals surface area contributed by atoms with Gasteiger partial charge in [-0.15, -0.1) is 0 Å². The van der Waals surface area contributed by atoms with Gasteiger partial charge in [0.2, 0.25) is 0 Å². The van der Waals surface area contributed by atoms with Crippen LogP contribution in [0, 0.1) is 11.8 Å². The molecule has 3 rings (SSSR count). The van der Waals surface area contributed by atoms with Crippen LogP contribution in [0.2, 0.25) is 0 Å². The maximum absolute atomic E-state index is 11.5. The largest absolute Gasteiger partial charge is 0.466 e. The fourth-order valence-corrected chi connectivity index (χ4v) is 2.68. The summed E-state index contributed by atoms with van der Waals surface area (Å²) in [5.74, 6) is -2.37. The van der Waals surface area contributed by atoms with E-state index in [-0.39, 0.29) is 11.8 Å². The van der Waals surface area contributed by atoms with Crippen LogP contribution in [-0.4, -0.2) is 30.8 Å². The molecular formula is C11H12O5. The number of allylic oxidation sites excluding steroid dienone is 1. The molecule has 0 saturated carbocycles. The van der Waals surface area contributed by atoms with Crippen LogP contribution in [0.1, 0.15) is 6.42 Å². The SMILES string of the molecule is COC(=O)C1=CO[C@]2(O)OCC3=CC[C@H]1[C@@H]32. The Labute approximate surface area is 92.3 Å². The van der Waals surface area contributed by atoms with Crippen molar-refractivity contribution in [2.45, 2.75) is 12.4 Å². The second kappa shape index (κ2) is 3.09. The van der Waals surface area contributed by atoms with Crippen LogP contribution < -0.4 is 0 Å². The minimum absolute atomic E-state index is 0.0938. The van der Waals surface area contributed by atoms with Gasteiger partial charge in [-0.05, 0) is 12.0 Å². The zero-order chi connectivity index (χ0) is 11.3. The van der Waals surface area contributed by atoms with Gasteiger partial charge in [-0.1, -0.05) is 6.08 Å². The quantitative estimate of drug-likeness (QED) is 0.513. The predicted octanol–water partition coefficient (Wildman–Crippen LogP) is 0.312. The summed E-state index contributed by atoms with van der Waals surface area (Å²) in [4.78, 5) is 11.5. The Morgan fingerprint density at radius 1 is 1.69 bits per heavy atom. The third kappa shape index (κ3) is 1.10. The molecule has 1 fully saturated rings. The van der Waals surface area contributed by atoms with Crippen molar-refractivity contribution in [3.8, 4) is 0 Å². The van der Waals surface area contributed by atoms with E-state index in [1.54, 1.807) is 0 Å². The van der Waals surface area contributed by atoms with Crippen molar-refractivity contribution in [1.29, 1.82) is 0 Å². The molecule has 2 heterocycles. The standard InChI is InChI=1S/C11H12O5/c1-14-10(12)8-5-16-11(13)9-6(4-15-11)2-3-7(8)9/h2,5,7,9,13H,3-4H2,1H3/t7-,9-,11-/m1/s1. The van der Waals surface area contributed by atoms with Crippen LogP contribution in [0.5, 0.6) is 0 Å². The molecule has 0 aromatic rings. The summed E-state index contributed by atoms with van der Waals surface area (Å²) in [7, 11) is 1.33. The Morgan fingerprint density at radius 2 is 2.50 bits per heavy atom. The van der Waals surface area contributed by atoms with Crippen molar-refractivity contribution < 1.29 is 24.1 Å². The van der Waals surface area contributed by atoms with Gasteiger partial charge < -0.3 is 19.3 Å². The number of methoxy groups -OCH3 is 1. The lowest BCUT2D eigenvalue weighted by molar-refractivity contribution is -0.345. The molecule has 1 N–H and O–H groups in total. The van der Waals surface area contributed by atoms with Crippen molar-refractivity contribution in [1.82, 2.24) is 0 Å². The van der Waals surface area contributed by atoms with Crippen LogP contribution in [0.15, 0.2) is 23.5 Å². The molecule has 5 nitrogen and oxygen atoms in total. The normalized spacial score (nSPS) is 39.6. The van der Waals surface area contributed by atoms with E-state index in [4.69, 9.17) is 9.47 Å². The van der Waals surface area contributed by atoms with Gasteiger partial charge >= 0.3 is 11.9 Å². The molecule has 16 heavy (non-hydrogen) atoms. The maximum Gasteiger partial charge on any atom is 0.337 e. The Hall–Kier alpha value is -1.33. The third-order valence-corrected chi connectivity index (χ3v) is 3.45. The second-order valence-corrected chi connectivity index (χ2v) is 4.20. The smallest absolute Gasteiger partial charge is 0.337 e. The van der Waals surface area contributed by atoms with Gasteiger partial charge in [-0.2, -0.15) is 0 Å². The van der Waals surface area contributed by atoms with Crippen LogP contribution in [-0.2, 0) is 19.0 Å². The van der Waals surface area contributed by atoms with Crippen LogP contribution >= 0.6 is 0 Å². The summed E-state index contributed by atoms with van der Waals surface area (Å²) in [5.41, 5.74) is 1.47. The summed E-state index contributed by atoms with van der Waals surface area (Å²) in [6.45, 7) is 0.361. The Bertz CT molecular complexity index is 411. The summed E-state index contributed by atoms with van der Waals surface area (Å²) >= 11 is 0. The minimum Gasteiger partial charge on any atom is -0.466 e. The molecule has 1 saturated heterocycles. The second-order valence-electron chi connectivity index (χ2n) is 4.20. The molecular weight excluding hydrogens is 212 g/mol. The van der Waals surface area contributed by atoms with Gasteiger partial charge in [-0.25, -0.2) is 4.79 Å². The first-order valence-electron chi connectivity index (χ1n) is 5.17.